The first-order valence-corrected chi connectivity index (χ1v) is 13.9. The van der Waals surface area contributed by atoms with Gasteiger partial charge in [-0.3, -0.25) is 9.59 Å². The molecule has 1 spiro atoms. The molecule has 2 amide bonds. The molecule has 1 aromatic rings. The molecule has 214 valence electrons. The number of amides is 2. The lowest BCUT2D eigenvalue weighted by molar-refractivity contribution is -0.267. The summed E-state index contributed by atoms with van der Waals surface area (Å²) >= 11 is 6.41. The maximum Gasteiger partial charge on any atom is 0.426 e. The molecular weight excluding hydrogens is 531 g/mol. The molecule has 3 aliphatic rings. The number of rotatable bonds is 8. The Bertz CT molecular complexity index is 1140. The van der Waals surface area contributed by atoms with Crippen LogP contribution in [-0.4, -0.2) is 66.3 Å². The summed E-state index contributed by atoms with van der Waals surface area (Å²) in [6.45, 7) is 5.57. The van der Waals surface area contributed by atoms with E-state index in [0.29, 0.717) is 22.9 Å². The van der Waals surface area contributed by atoms with Gasteiger partial charge in [0.25, 0.3) is 11.8 Å². The minimum Gasteiger partial charge on any atom is -0.372 e. The van der Waals surface area contributed by atoms with Gasteiger partial charge in [0.15, 0.2) is 0 Å². The highest BCUT2D eigenvalue weighted by atomic mass is 35.5. The second-order valence-electron chi connectivity index (χ2n) is 11.5. The number of hydrogen-bond acceptors (Lipinski definition) is 4. The summed E-state index contributed by atoms with van der Waals surface area (Å²) in [5.74, 6) is -2.52. The maximum atomic E-state index is 13.9. The Morgan fingerprint density at radius 3 is 2.49 bits per heavy atom. The molecule has 2 fully saturated rings. The van der Waals surface area contributed by atoms with Crippen LogP contribution in [0.5, 0.6) is 0 Å². The molecule has 1 aliphatic heterocycles. The second-order valence-corrected chi connectivity index (χ2v) is 11.9. The van der Waals surface area contributed by atoms with Crippen LogP contribution in [0.1, 0.15) is 56.3 Å². The lowest BCUT2D eigenvalue weighted by Crippen LogP contribution is -2.61. The Kier molecular flexibility index (Phi) is 8.43. The van der Waals surface area contributed by atoms with Crippen LogP contribution in [0.2, 0.25) is 5.02 Å². The molecule has 0 bridgehead atoms. The SMILES string of the molecule is CC(C)NC(=O)c1ccc(N2CCC3(CC2)C[C@H]3CCN(C)C(=O)C(O)(C2C=CC=CC2)C(F)(F)F)cc1Cl. The van der Waals surface area contributed by atoms with Crippen molar-refractivity contribution in [2.45, 2.75) is 63.8 Å². The Morgan fingerprint density at radius 1 is 1.23 bits per heavy atom. The van der Waals surface area contributed by atoms with Crippen molar-refractivity contribution in [1.29, 1.82) is 0 Å². The molecule has 1 aromatic carbocycles. The van der Waals surface area contributed by atoms with Gasteiger partial charge in [-0.05, 0) is 75.5 Å². The number of benzene rings is 1. The van der Waals surface area contributed by atoms with Gasteiger partial charge in [0.1, 0.15) is 0 Å². The highest BCUT2D eigenvalue weighted by Crippen LogP contribution is 2.61. The van der Waals surface area contributed by atoms with Gasteiger partial charge >= 0.3 is 6.18 Å². The van der Waals surface area contributed by atoms with E-state index in [4.69, 9.17) is 11.6 Å². The average Bonchev–Trinajstić information content (AvgIpc) is 3.57. The topological polar surface area (TPSA) is 72.9 Å². The van der Waals surface area contributed by atoms with Crippen LogP contribution < -0.4 is 10.2 Å². The van der Waals surface area contributed by atoms with Gasteiger partial charge in [-0.1, -0.05) is 35.9 Å². The Labute approximate surface area is 232 Å². The third kappa shape index (κ3) is 5.99. The molecule has 1 heterocycles. The van der Waals surface area contributed by atoms with E-state index < -0.39 is 23.6 Å². The molecule has 2 N–H and O–H groups in total. The van der Waals surface area contributed by atoms with E-state index >= 15 is 0 Å². The highest BCUT2D eigenvalue weighted by Gasteiger charge is 2.64. The van der Waals surface area contributed by atoms with Crippen molar-refractivity contribution in [3.05, 3.63) is 53.1 Å². The van der Waals surface area contributed by atoms with Crippen LogP contribution >= 0.6 is 11.6 Å². The Hall–Kier alpha value is -2.52. The molecule has 1 saturated carbocycles. The number of nitrogens with one attached hydrogen (secondary N) is 1. The van der Waals surface area contributed by atoms with E-state index in [9.17, 15) is 27.9 Å². The summed E-state index contributed by atoms with van der Waals surface area (Å²) < 4.78 is 41.8. The van der Waals surface area contributed by atoms with Crippen molar-refractivity contribution in [2.24, 2.45) is 17.3 Å². The zero-order chi connectivity index (χ0) is 28.6. The number of hydrogen-bond donors (Lipinski definition) is 2. The van der Waals surface area contributed by atoms with Gasteiger partial charge in [-0.15, -0.1) is 0 Å². The van der Waals surface area contributed by atoms with E-state index in [1.807, 2.05) is 26.0 Å². The van der Waals surface area contributed by atoms with Crippen LogP contribution in [0, 0.1) is 17.3 Å². The van der Waals surface area contributed by atoms with Gasteiger partial charge in [-0.25, -0.2) is 0 Å². The van der Waals surface area contributed by atoms with E-state index in [-0.39, 0.29) is 30.3 Å². The Balaban J connectivity index is 1.30. The van der Waals surface area contributed by atoms with Crippen molar-refractivity contribution in [3.63, 3.8) is 0 Å². The lowest BCUT2D eigenvalue weighted by atomic mass is 9.81. The van der Waals surface area contributed by atoms with E-state index in [2.05, 4.69) is 10.2 Å². The molecule has 2 unspecified atom stereocenters. The van der Waals surface area contributed by atoms with Gasteiger partial charge in [0.05, 0.1) is 10.6 Å². The number of aliphatic hydroxyl groups is 1. The van der Waals surface area contributed by atoms with Crippen molar-refractivity contribution >= 4 is 29.1 Å². The first kappa shape index (κ1) is 29.5. The molecule has 0 aromatic heterocycles. The fourth-order valence-electron chi connectivity index (χ4n) is 6.01. The second kappa shape index (κ2) is 11.2. The van der Waals surface area contributed by atoms with Gasteiger partial charge in [0.2, 0.25) is 5.60 Å². The van der Waals surface area contributed by atoms with E-state index in [1.165, 1.54) is 25.3 Å². The number of nitrogens with zero attached hydrogens (tertiary/aromatic N) is 2. The third-order valence-electron chi connectivity index (χ3n) is 8.54. The van der Waals surface area contributed by atoms with Crippen molar-refractivity contribution in [2.75, 3.05) is 31.6 Å². The predicted octanol–water partition coefficient (Wildman–Crippen LogP) is 5.36. The minimum absolute atomic E-state index is 0.0122. The Morgan fingerprint density at radius 2 is 1.92 bits per heavy atom. The van der Waals surface area contributed by atoms with E-state index in [0.717, 1.165) is 42.9 Å². The monoisotopic (exact) mass is 567 g/mol. The van der Waals surface area contributed by atoms with Crippen LogP contribution in [-0.2, 0) is 4.79 Å². The molecule has 10 heteroatoms. The largest absolute Gasteiger partial charge is 0.426 e. The summed E-state index contributed by atoms with van der Waals surface area (Å²) in [7, 11) is 1.34. The standard InChI is InChI=1S/C29H37ClF3N3O3/c1-19(2)34-25(37)23-10-9-22(17-24(23)30)36-15-12-27(13-16-36)18-21(27)11-14-35(3)26(38)28(39,29(31,32)33)20-7-5-4-6-8-20/h4-7,9-10,17,19-21,39H,8,11-16,18H2,1-3H3,(H,34,37)/t20?,21-,28?/m1/s1. The molecule has 0 radical (unpaired) electrons. The molecular formula is C29H37ClF3N3O3. The predicted molar refractivity (Wildman–Crippen MR) is 146 cm³/mol. The average molecular weight is 568 g/mol. The smallest absolute Gasteiger partial charge is 0.372 e. The first-order valence-electron chi connectivity index (χ1n) is 13.5. The number of carbonyl (C=O) groups is 2. The molecule has 2 aliphatic carbocycles. The van der Waals surface area contributed by atoms with Crippen molar-refractivity contribution in [1.82, 2.24) is 10.2 Å². The normalized spacial score (nSPS) is 23.6. The quantitative estimate of drug-likeness (QED) is 0.444. The number of allylic oxidation sites excluding steroid dienone is 3. The minimum atomic E-state index is -5.08. The highest BCUT2D eigenvalue weighted by molar-refractivity contribution is 6.34. The maximum absolute atomic E-state index is 13.9. The van der Waals surface area contributed by atoms with Crippen molar-refractivity contribution < 1.29 is 27.9 Å². The molecule has 4 rings (SSSR count). The first-order chi connectivity index (χ1) is 18.3. The summed E-state index contributed by atoms with van der Waals surface area (Å²) in [4.78, 5) is 28.5. The number of likely N-dealkylation sites (N-methyl/N-ethyl adjacent to an activating group) is 1. The summed E-state index contributed by atoms with van der Waals surface area (Å²) in [5.41, 5.74) is -1.91. The molecule has 1 saturated heterocycles. The third-order valence-corrected chi connectivity index (χ3v) is 8.85. The van der Waals surface area contributed by atoms with Gasteiger partial charge in [-0.2, -0.15) is 13.2 Å². The number of anilines is 1. The molecule has 6 nitrogen and oxygen atoms in total. The summed E-state index contributed by atoms with van der Waals surface area (Å²) in [5, 5.41) is 13.9. The number of halogens is 4. The van der Waals surface area contributed by atoms with Crippen molar-refractivity contribution in [3.8, 4) is 0 Å². The molecule has 39 heavy (non-hydrogen) atoms. The zero-order valence-electron chi connectivity index (χ0n) is 22.6. The number of piperidine rings is 1. The zero-order valence-corrected chi connectivity index (χ0v) is 23.4. The van der Waals surface area contributed by atoms with Gasteiger partial charge in [0, 0.05) is 44.3 Å². The van der Waals surface area contributed by atoms with Crippen LogP contribution in [0.3, 0.4) is 0 Å². The molecule has 3 atom stereocenters. The summed E-state index contributed by atoms with van der Waals surface area (Å²) in [6, 6.07) is 5.48. The van der Waals surface area contributed by atoms with E-state index in [1.54, 1.807) is 12.1 Å². The number of carbonyl (C=O) groups excluding carboxylic acids is 2. The number of alkyl halides is 3. The van der Waals surface area contributed by atoms with Crippen LogP contribution in [0.4, 0.5) is 18.9 Å². The van der Waals surface area contributed by atoms with Crippen LogP contribution in [0.15, 0.2) is 42.5 Å². The fraction of sp³-hybridized carbons (Fsp3) is 0.586. The lowest BCUT2D eigenvalue weighted by Gasteiger charge is -2.38. The summed E-state index contributed by atoms with van der Waals surface area (Å²) in [6.07, 6.45) is 4.16. The fourth-order valence-corrected chi connectivity index (χ4v) is 6.27. The van der Waals surface area contributed by atoms with Gasteiger partial charge < -0.3 is 20.2 Å². The van der Waals surface area contributed by atoms with Crippen LogP contribution in [0.25, 0.3) is 0 Å².